The van der Waals surface area contributed by atoms with Gasteiger partial charge in [0.2, 0.25) is 0 Å². The lowest BCUT2D eigenvalue weighted by Gasteiger charge is -2.28. The van der Waals surface area contributed by atoms with Crippen LogP contribution in [0.3, 0.4) is 0 Å². The summed E-state index contributed by atoms with van der Waals surface area (Å²) in [5.41, 5.74) is 6.67. The van der Waals surface area contributed by atoms with Gasteiger partial charge in [-0.1, -0.05) is 30.3 Å². The van der Waals surface area contributed by atoms with Crippen LogP contribution in [-0.2, 0) is 0 Å². The summed E-state index contributed by atoms with van der Waals surface area (Å²) in [5, 5.41) is 4.24. The molecule has 5 nitrogen and oxygen atoms in total. The molecule has 32 heavy (non-hydrogen) atoms. The van der Waals surface area contributed by atoms with Gasteiger partial charge in [0.05, 0.1) is 17.8 Å². The fourth-order valence-electron chi connectivity index (χ4n) is 4.57. The van der Waals surface area contributed by atoms with Crippen LogP contribution in [0, 0.1) is 20.8 Å². The van der Waals surface area contributed by atoms with Crippen molar-refractivity contribution in [3.8, 4) is 5.82 Å². The van der Waals surface area contributed by atoms with E-state index in [9.17, 15) is 0 Å². The predicted octanol–water partition coefficient (Wildman–Crippen LogP) is 5.37. The second-order valence-electron chi connectivity index (χ2n) is 8.19. The molecule has 0 bridgehead atoms. The Morgan fingerprint density at radius 3 is 2.38 bits per heavy atom. The molecule has 6 heteroatoms. The van der Waals surface area contributed by atoms with Crippen LogP contribution in [0.5, 0.6) is 0 Å². The monoisotopic (exact) mass is 439 g/mol. The maximum atomic E-state index is 5.84. The zero-order valence-electron chi connectivity index (χ0n) is 18.4. The van der Waals surface area contributed by atoms with Gasteiger partial charge in [-0.2, -0.15) is 0 Å². The van der Waals surface area contributed by atoms with Crippen molar-refractivity contribution in [1.82, 2.24) is 19.9 Å². The minimum atomic E-state index is -0.0659. The lowest BCUT2D eigenvalue weighted by Crippen LogP contribution is -2.29. The molecule has 0 aliphatic carbocycles. The number of anilines is 1. The lowest BCUT2D eigenvalue weighted by atomic mass is 9.96. The second kappa shape index (κ2) is 8.20. The molecule has 3 aromatic heterocycles. The first-order valence-corrected chi connectivity index (χ1v) is 11.1. The van der Waals surface area contributed by atoms with Gasteiger partial charge in [-0.05, 0) is 80.5 Å². The number of nitrogens with one attached hydrogen (secondary N) is 1. The van der Waals surface area contributed by atoms with Gasteiger partial charge in [-0.15, -0.1) is 0 Å². The van der Waals surface area contributed by atoms with Gasteiger partial charge >= 0.3 is 0 Å². The highest BCUT2D eigenvalue weighted by Gasteiger charge is 2.42. The molecule has 1 aromatic carbocycles. The predicted molar refractivity (Wildman–Crippen MR) is 132 cm³/mol. The Hall–Kier alpha value is -3.51. The van der Waals surface area contributed by atoms with Crippen LogP contribution in [-0.4, -0.2) is 19.6 Å². The largest absolute Gasteiger partial charge is 0.351 e. The van der Waals surface area contributed by atoms with E-state index >= 15 is 0 Å². The lowest BCUT2D eigenvalue weighted by molar-refractivity contribution is 0.565. The highest BCUT2D eigenvalue weighted by molar-refractivity contribution is 7.80. The molecule has 1 aliphatic heterocycles. The minimum Gasteiger partial charge on any atom is -0.351 e. The number of thiocarbonyl (C=S) groups is 1. The number of nitrogens with zero attached hydrogens (tertiary/aromatic N) is 4. The van der Waals surface area contributed by atoms with Crippen molar-refractivity contribution in [3.63, 3.8) is 0 Å². The molecule has 0 amide bonds. The molecule has 4 aromatic rings. The van der Waals surface area contributed by atoms with Crippen molar-refractivity contribution in [1.29, 1.82) is 0 Å². The van der Waals surface area contributed by atoms with Crippen molar-refractivity contribution < 1.29 is 0 Å². The normalized spacial score (nSPS) is 18.1. The van der Waals surface area contributed by atoms with E-state index < -0.39 is 0 Å². The van der Waals surface area contributed by atoms with Crippen LogP contribution >= 0.6 is 12.2 Å². The number of benzene rings is 1. The average molecular weight is 440 g/mol. The third-order valence-corrected chi connectivity index (χ3v) is 6.36. The van der Waals surface area contributed by atoms with Crippen LogP contribution < -0.4 is 10.2 Å². The summed E-state index contributed by atoms with van der Waals surface area (Å²) in [6.07, 6.45) is 3.74. The van der Waals surface area contributed by atoms with E-state index in [0.717, 1.165) is 34.2 Å². The molecule has 2 unspecified atom stereocenters. The number of aromatic nitrogens is 3. The number of pyridine rings is 2. The SMILES string of the molecule is Cc1ccc(-n2c(C)cc(C3C(c4ccccn4)NC(=S)N3c3ccccc3)c2C)nc1. The second-order valence-corrected chi connectivity index (χ2v) is 8.57. The van der Waals surface area contributed by atoms with E-state index in [4.69, 9.17) is 12.2 Å². The van der Waals surface area contributed by atoms with Gasteiger partial charge in [0.15, 0.2) is 5.11 Å². The van der Waals surface area contributed by atoms with Gasteiger partial charge in [0.25, 0.3) is 0 Å². The number of rotatable bonds is 4. The fraction of sp³-hybridized carbons (Fsp3) is 0.192. The van der Waals surface area contributed by atoms with Crippen molar-refractivity contribution in [3.05, 3.63) is 107 Å². The van der Waals surface area contributed by atoms with E-state index in [1.165, 1.54) is 5.56 Å². The van der Waals surface area contributed by atoms with Gasteiger partial charge < -0.3 is 14.8 Å². The smallest absolute Gasteiger partial charge is 0.174 e. The Bertz CT molecular complexity index is 1250. The Kier molecular flexibility index (Phi) is 5.23. The van der Waals surface area contributed by atoms with Crippen molar-refractivity contribution in [2.24, 2.45) is 0 Å². The number of hydrogen-bond acceptors (Lipinski definition) is 3. The highest BCUT2D eigenvalue weighted by Crippen LogP contribution is 2.43. The summed E-state index contributed by atoms with van der Waals surface area (Å²) in [4.78, 5) is 11.5. The zero-order chi connectivity index (χ0) is 22.2. The Morgan fingerprint density at radius 1 is 0.906 bits per heavy atom. The third kappa shape index (κ3) is 3.46. The molecule has 0 spiro atoms. The number of hydrogen-bond donors (Lipinski definition) is 1. The van der Waals surface area contributed by atoms with Gasteiger partial charge in [-0.25, -0.2) is 4.98 Å². The molecule has 0 saturated carbocycles. The van der Waals surface area contributed by atoms with E-state index in [2.05, 4.69) is 81.9 Å². The molecule has 160 valence electrons. The molecule has 5 rings (SSSR count). The first-order valence-electron chi connectivity index (χ1n) is 10.7. The summed E-state index contributed by atoms with van der Waals surface area (Å²) in [6, 6.07) is 22.7. The van der Waals surface area contributed by atoms with Crippen LogP contribution in [0.4, 0.5) is 5.69 Å². The molecule has 1 aliphatic rings. The van der Waals surface area contributed by atoms with Gasteiger partial charge in [0, 0.05) is 29.5 Å². The topological polar surface area (TPSA) is 46.0 Å². The van der Waals surface area contributed by atoms with Crippen LogP contribution in [0.15, 0.2) is 79.1 Å². The van der Waals surface area contributed by atoms with Crippen molar-refractivity contribution in [2.75, 3.05) is 4.90 Å². The molecule has 0 radical (unpaired) electrons. The van der Waals surface area contributed by atoms with Crippen LogP contribution in [0.25, 0.3) is 5.82 Å². The van der Waals surface area contributed by atoms with Gasteiger partial charge in [0.1, 0.15) is 5.82 Å². The molecular formula is C26H25N5S. The molecule has 1 saturated heterocycles. The maximum absolute atomic E-state index is 5.84. The fourth-order valence-corrected chi connectivity index (χ4v) is 4.92. The van der Waals surface area contributed by atoms with E-state index in [1.54, 1.807) is 0 Å². The standard InChI is InChI=1S/C26H25N5S/c1-17-12-13-23(28-16-17)30-18(2)15-21(19(30)3)25-24(22-11-7-8-14-27-22)29-26(32)31(25)20-9-5-4-6-10-20/h4-16,24-25H,1-3H3,(H,29,32). The Labute approximate surface area is 193 Å². The average Bonchev–Trinajstić information content (AvgIpc) is 3.31. The number of para-hydroxylation sites is 1. The summed E-state index contributed by atoms with van der Waals surface area (Å²) in [6.45, 7) is 6.34. The molecular weight excluding hydrogens is 414 g/mol. The quantitative estimate of drug-likeness (QED) is 0.433. The summed E-state index contributed by atoms with van der Waals surface area (Å²) in [7, 11) is 0. The van der Waals surface area contributed by atoms with E-state index in [1.807, 2.05) is 42.7 Å². The summed E-state index contributed by atoms with van der Waals surface area (Å²) in [5.74, 6) is 0.922. The van der Waals surface area contributed by atoms with Crippen LogP contribution in [0.1, 0.15) is 40.3 Å². The van der Waals surface area contributed by atoms with E-state index in [-0.39, 0.29) is 12.1 Å². The first-order chi connectivity index (χ1) is 15.5. The molecule has 4 heterocycles. The van der Waals surface area contributed by atoms with E-state index in [0.29, 0.717) is 5.11 Å². The van der Waals surface area contributed by atoms with Crippen molar-refractivity contribution >= 4 is 23.0 Å². The zero-order valence-corrected chi connectivity index (χ0v) is 19.2. The van der Waals surface area contributed by atoms with Gasteiger partial charge in [-0.3, -0.25) is 4.98 Å². The Balaban J connectivity index is 1.67. The van der Waals surface area contributed by atoms with Crippen LogP contribution in [0.2, 0.25) is 0 Å². The number of aryl methyl sites for hydroxylation is 2. The first kappa shape index (κ1) is 20.4. The highest BCUT2D eigenvalue weighted by atomic mass is 32.1. The molecule has 1 N–H and O–H groups in total. The Morgan fingerprint density at radius 2 is 1.69 bits per heavy atom. The molecule has 2 atom stereocenters. The minimum absolute atomic E-state index is 0.0369. The molecule has 1 fully saturated rings. The summed E-state index contributed by atoms with van der Waals surface area (Å²) >= 11 is 5.84. The van der Waals surface area contributed by atoms with Crippen molar-refractivity contribution in [2.45, 2.75) is 32.9 Å². The third-order valence-electron chi connectivity index (χ3n) is 6.05. The summed E-state index contributed by atoms with van der Waals surface area (Å²) < 4.78 is 2.22. The maximum Gasteiger partial charge on any atom is 0.174 e.